The molecule has 0 saturated heterocycles. The average Bonchev–Trinajstić information content (AvgIpc) is 2.20. The fourth-order valence-corrected chi connectivity index (χ4v) is 1.21. The molecule has 76 valence electrons. The monoisotopic (exact) mass is 192 g/mol. The van der Waals surface area contributed by atoms with Crippen LogP contribution in [0.4, 0.5) is 0 Å². The summed E-state index contributed by atoms with van der Waals surface area (Å²) in [7, 11) is 0. The molecule has 0 spiro atoms. The first-order valence-corrected chi connectivity index (χ1v) is 5.04. The minimum atomic E-state index is 0.187. The summed E-state index contributed by atoms with van der Waals surface area (Å²) in [4.78, 5) is 11.2. The number of hydrogen-bond donors (Lipinski definition) is 0. The van der Waals surface area contributed by atoms with Crippen LogP contribution >= 0.6 is 0 Å². The molecule has 0 aromatic heterocycles. The number of Topliss-reactive ketones (excluding diaryl/α,β-unsaturated/α-hetero) is 1. The van der Waals surface area contributed by atoms with E-state index in [1.54, 1.807) is 6.07 Å². The Morgan fingerprint density at radius 2 is 1.93 bits per heavy atom. The molecule has 0 bridgehead atoms. The van der Waals surface area contributed by atoms with Crippen LogP contribution in [-0.4, -0.2) is 12.4 Å². The van der Waals surface area contributed by atoms with Gasteiger partial charge in [-0.2, -0.15) is 0 Å². The number of carbonyl (C=O) groups excluding carboxylic acids is 1. The molecule has 1 aromatic carbocycles. The third-order valence-corrected chi connectivity index (χ3v) is 1.77. The molecule has 0 saturated carbocycles. The zero-order valence-corrected chi connectivity index (χ0v) is 8.75. The molecular formula is C12H16O2. The third kappa shape index (κ3) is 2.59. The Balaban J connectivity index is 0.000000293. The largest absolute Gasteiger partial charge is 0.492 e. The van der Waals surface area contributed by atoms with Gasteiger partial charge in [0.15, 0.2) is 5.78 Å². The van der Waals surface area contributed by atoms with Crippen LogP contribution in [0, 0.1) is 0 Å². The van der Waals surface area contributed by atoms with E-state index in [4.69, 9.17) is 4.74 Å². The topological polar surface area (TPSA) is 26.3 Å². The van der Waals surface area contributed by atoms with Crippen molar-refractivity contribution < 1.29 is 9.53 Å². The summed E-state index contributed by atoms with van der Waals surface area (Å²) in [5, 5.41) is 0. The summed E-state index contributed by atoms with van der Waals surface area (Å²) < 4.78 is 5.27. The van der Waals surface area contributed by atoms with Crippen LogP contribution in [0.15, 0.2) is 24.3 Å². The van der Waals surface area contributed by atoms with Gasteiger partial charge in [0.1, 0.15) is 5.75 Å². The zero-order chi connectivity index (χ0) is 10.4. The lowest BCUT2D eigenvalue weighted by Gasteiger charge is -2.14. The molecule has 0 amide bonds. The molecule has 0 fully saturated rings. The van der Waals surface area contributed by atoms with Crippen molar-refractivity contribution in [2.75, 3.05) is 6.61 Å². The number of ketones is 1. The van der Waals surface area contributed by atoms with Gasteiger partial charge in [-0.15, -0.1) is 0 Å². The first kappa shape index (κ1) is 10.8. The van der Waals surface area contributed by atoms with Crippen molar-refractivity contribution in [3.63, 3.8) is 0 Å². The Hall–Kier alpha value is -1.31. The highest BCUT2D eigenvalue weighted by Gasteiger charge is 2.16. The molecule has 1 heterocycles. The summed E-state index contributed by atoms with van der Waals surface area (Å²) in [6.07, 6.45) is 1.76. The highest BCUT2D eigenvalue weighted by molar-refractivity contribution is 5.99. The summed E-state index contributed by atoms with van der Waals surface area (Å²) >= 11 is 0. The molecule has 0 N–H and O–H groups in total. The average molecular weight is 192 g/mol. The Kier molecular flexibility index (Phi) is 4.17. The van der Waals surface area contributed by atoms with E-state index in [-0.39, 0.29) is 5.78 Å². The minimum absolute atomic E-state index is 0.187. The van der Waals surface area contributed by atoms with Crippen molar-refractivity contribution in [3.8, 4) is 5.75 Å². The quantitative estimate of drug-likeness (QED) is 0.631. The van der Waals surface area contributed by atoms with Gasteiger partial charge >= 0.3 is 0 Å². The van der Waals surface area contributed by atoms with E-state index in [1.807, 2.05) is 18.2 Å². The molecule has 0 atom stereocenters. The lowest BCUT2D eigenvalue weighted by atomic mass is 10.1. The number of para-hydroxylation sites is 1. The van der Waals surface area contributed by atoms with Crippen molar-refractivity contribution in [1.29, 1.82) is 0 Å². The smallest absolute Gasteiger partial charge is 0.169 e. The zero-order valence-electron chi connectivity index (χ0n) is 8.75. The number of benzene rings is 1. The maximum Gasteiger partial charge on any atom is 0.169 e. The van der Waals surface area contributed by atoms with E-state index in [9.17, 15) is 4.79 Å². The van der Waals surface area contributed by atoms with Gasteiger partial charge < -0.3 is 4.74 Å². The van der Waals surface area contributed by atoms with Crippen molar-refractivity contribution in [1.82, 2.24) is 0 Å². The normalized spacial score (nSPS) is 13.4. The van der Waals surface area contributed by atoms with E-state index in [1.165, 1.54) is 6.42 Å². The lowest BCUT2D eigenvalue weighted by molar-refractivity contribution is 0.0933. The van der Waals surface area contributed by atoms with Gasteiger partial charge in [-0.3, -0.25) is 4.79 Å². The summed E-state index contributed by atoms with van der Waals surface area (Å²) in [6, 6.07) is 7.35. The molecule has 14 heavy (non-hydrogen) atoms. The standard InChI is InChI=1S/C9H8O2.C3H8/c10-8-5-6-11-9-4-2-1-3-7(8)9;1-3-2/h1-4H,5-6H2;3H2,1-2H3. The van der Waals surface area contributed by atoms with E-state index in [0.29, 0.717) is 13.0 Å². The molecule has 0 unspecified atom stereocenters. The molecule has 2 heteroatoms. The van der Waals surface area contributed by atoms with Crippen LogP contribution in [0.25, 0.3) is 0 Å². The molecule has 2 rings (SSSR count). The second-order valence-corrected chi connectivity index (χ2v) is 3.22. The van der Waals surface area contributed by atoms with Crippen molar-refractivity contribution in [2.24, 2.45) is 0 Å². The maximum absolute atomic E-state index is 11.2. The SMILES string of the molecule is CCC.O=C1CCOc2ccccc21. The van der Waals surface area contributed by atoms with Crippen molar-refractivity contribution >= 4 is 5.78 Å². The fourth-order valence-electron chi connectivity index (χ4n) is 1.21. The van der Waals surface area contributed by atoms with Crippen LogP contribution in [-0.2, 0) is 0 Å². The van der Waals surface area contributed by atoms with Gasteiger partial charge in [0, 0.05) is 6.42 Å². The van der Waals surface area contributed by atoms with E-state index < -0.39 is 0 Å². The molecule has 1 aliphatic heterocycles. The summed E-state index contributed by atoms with van der Waals surface area (Å²) in [5.41, 5.74) is 0.721. The maximum atomic E-state index is 11.2. The number of carbonyl (C=O) groups is 1. The van der Waals surface area contributed by atoms with Gasteiger partial charge in [-0.25, -0.2) is 0 Å². The highest BCUT2D eigenvalue weighted by atomic mass is 16.5. The molecule has 0 aliphatic carbocycles. The Bertz CT molecular complexity index is 305. The molecule has 2 nitrogen and oxygen atoms in total. The number of hydrogen-bond acceptors (Lipinski definition) is 2. The van der Waals surface area contributed by atoms with Crippen molar-refractivity contribution in [2.45, 2.75) is 26.7 Å². The van der Waals surface area contributed by atoms with Crippen LogP contribution in [0.5, 0.6) is 5.75 Å². The first-order chi connectivity index (χ1) is 6.79. The number of fused-ring (bicyclic) bond motifs is 1. The predicted molar refractivity (Wildman–Crippen MR) is 56.8 cm³/mol. The molecular weight excluding hydrogens is 176 g/mol. The van der Waals surface area contributed by atoms with Crippen molar-refractivity contribution in [3.05, 3.63) is 29.8 Å². The van der Waals surface area contributed by atoms with Gasteiger partial charge in [0.05, 0.1) is 12.2 Å². The summed E-state index contributed by atoms with van der Waals surface area (Å²) in [6.45, 7) is 4.77. The number of rotatable bonds is 0. The van der Waals surface area contributed by atoms with E-state index >= 15 is 0 Å². The van der Waals surface area contributed by atoms with Crippen LogP contribution in [0.1, 0.15) is 37.0 Å². The minimum Gasteiger partial charge on any atom is -0.492 e. The highest BCUT2D eigenvalue weighted by Crippen LogP contribution is 2.23. The van der Waals surface area contributed by atoms with Crippen LogP contribution < -0.4 is 4.74 Å². The van der Waals surface area contributed by atoms with Gasteiger partial charge in [0.25, 0.3) is 0 Å². The van der Waals surface area contributed by atoms with E-state index in [0.717, 1.165) is 11.3 Å². The summed E-state index contributed by atoms with van der Waals surface area (Å²) in [5.74, 6) is 0.913. The van der Waals surface area contributed by atoms with Crippen LogP contribution in [0.2, 0.25) is 0 Å². The molecule has 1 aliphatic rings. The molecule has 0 radical (unpaired) electrons. The second kappa shape index (κ2) is 5.43. The predicted octanol–water partition coefficient (Wildman–Crippen LogP) is 3.07. The van der Waals surface area contributed by atoms with Gasteiger partial charge in [0.2, 0.25) is 0 Å². The van der Waals surface area contributed by atoms with Crippen LogP contribution in [0.3, 0.4) is 0 Å². The Morgan fingerprint density at radius 3 is 2.57 bits per heavy atom. The third-order valence-electron chi connectivity index (χ3n) is 1.77. The molecule has 1 aromatic rings. The van der Waals surface area contributed by atoms with E-state index in [2.05, 4.69) is 13.8 Å². The second-order valence-electron chi connectivity index (χ2n) is 3.22. The van der Waals surface area contributed by atoms with Gasteiger partial charge in [-0.1, -0.05) is 32.4 Å². The Labute approximate surface area is 84.9 Å². The number of ether oxygens (including phenoxy) is 1. The van der Waals surface area contributed by atoms with Gasteiger partial charge in [-0.05, 0) is 12.1 Å². The first-order valence-electron chi connectivity index (χ1n) is 5.04. The Morgan fingerprint density at radius 1 is 1.29 bits per heavy atom. The fraction of sp³-hybridized carbons (Fsp3) is 0.417. The lowest BCUT2D eigenvalue weighted by Crippen LogP contribution is -2.14.